The van der Waals surface area contributed by atoms with Crippen LogP contribution in [0.15, 0.2) is 18.2 Å². The van der Waals surface area contributed by atoms with Crippen molar-refractivity contribution in [2.75, 3.05) is 0 Å². The van der Waals surface area contributed by atoms with Crippen molar-refractivity contribution >= 4 is 17.5 Å². The lowest BCUT2D eigenvalue weighted by molar-refractivity contribution is -0.139. The fourth-order valence-corrected chi connectivity index (χ4v) is 1.79. The van der Waals surface area contributed by atoms with Gasteiger partial charge < -0.3 is 11.1 Å². The van der Waals surface area contributed by atoms with Crippen LogP contribution in [0.1, 0.15) is 29.3 Å². The zero-order chi connectivity index (χ0) is 14.6. The number of hydrogen-bond acceptors (Lipinski definition) is 2. The number of nitrogens with one attached hydrogen (secondary N) is 1. The topological polar surface area (TPSA) is 55.1 Å². The van der Waals surface area contributed by atoms with Gasteiger partial charge in [0.15, 0.2) is 0 Å². The molecule has 0 spiro atoms. The molecule has 3 nitrogen and oxygen atoms in total. The van der Waals surface area contributed by atoms with Crippen molar-refractivity contribution in [2.24, 2.45) is 5.73 Å². The van der Waals surface area contributed by atoms with Crippen LogP contribution >= 0.6 is 11.6 Å². The second kappa shape index (κ2) is 6.25. The van der Waals surface area contributed by atoms with Crippen LogP contribution in [0.2, 0.25) is 5.02 Å². The summed E-state index contributed by atoms with van der Waals surface area (Å²) in [4.78, 5) is 10.9. The van der Waals surface area contributed by atoms with Crippen molar-refractivity contribution in [3.63, 3.8) is 0 Å². The van der Waals surface area contributed by atoms with E-state index in [0.29, 0.717) is 10.6 Å². The number of hydrogen-bond donors (Lipinski definition) is 2. The summed E-state index contributed by atoms with van der Waals surface area (Å²) in [6.07, 6.45) is -5.12. The van der Waals surface area contributed by atoms with Gasteiger partial charge in [-0.05, 0) is 24.6 Å². The van der Waals surface area contributed by atoms with E-state index in [1.807, 2.05) is 0 Å². The highest BCUT2D eigenvalue weighted by Gasteiger charge is 2.29. The SMILES string of the molecule is CC(CC(F)(F)F)NCc1ccc(C(N)=O)cc1Cl. The summed E-state index contributed by atoms with van der Waals surface area (Å²) in [6.45, 7) is 1.63. The van der Waals surface area contributed by atoms with Crippen molar-refractivity contribution in [3.05, 3.63) is 34.3 Å². The molecule has 0 aliphatic carbocycles. The summed E-state index contributed by atoms with van der Waals surface area (Å²) < 4.78 is 36.4. The van der Waals surface area contributed by atoms with Gasteiger partial charge in [0.25, 0.3) is 0 Å². The molecule has 0 aromatic heterocycles. The van der Waals surface area contributed by atoms with Crippen molar-refractivity contribution in [3.8, 4) is 0 Å². The van der Waals surface area contributed by atoms with Gasteiger partial charge >= 0.3 is 6.18 Å². The average Bonchev–Trinajstić information content (AvgIpc) is 2.24. The Morgan fingerprint density at radius 3 is 2.58 bits per heavy atom. The summed E-state index contributed by atoms with van der Waals surface area (Å²) in [5, 5.41) is 3.02. The number of alkyl halides is 3. The summed E-state index contributed by atoms with van der Waals surface area (Å²) in [7, 11) is 0. The van der Waals surface area contributed by atoms with E-state index in [4.69, 9.17) is 17.3 Å². The first-order valence-electron chi connectivity index (χ1n) is 5.57. The zero-order valence-electron chi connectivity index (χ0n) is 10.2. The van der Waals surface area contributed by atoms with Gasteiger partial charge in [0.05, 0.1) is 6.42 Å². The molecule has 1 amide bonds. The van der Waals surface area contributed by atoms with Crippen LogP contribution in [0.3, 0.4) is 0 Å². The predicted octanol–water partition coefficient (Wildman–Crippen LogP) is 2.87. The number of nitrogens with two attached hydrogens (primary N) is 1. The van der Waals surface area contributed by atoms with Crippen LogP contribution in [0.25, 0.3) is 0 Å². The molecule has 0 bridgehead atoms. The van der Waals surface area contributed by atoms with Crippen LogP contribution in [0, 0.1) is 0 Å². The number of amides is 1. The van der Waals surface area contributed by atoms with E-state index < -0.39 is 24.5 Å². The summed E-state index contributed by atoms with van der Waals surface area (Å²) in [5.74, 6) is -0.605. The molecule has 7 heteroatoms. The van der Waals surface area contributed by atoms with Crippen LogP contribution in [-0.2, 0) is 6.54 Å². The van der Waals surface area contributed by atoms with E-state index >= 15 is 0 Å². The Morgan fingerprint density at radius 2 is 2.11 bits per heavy atom. The minimum absolute atomic E-state index is 0.190. The average molecular weight is 295 g/mol. The lowest BCUT2D eigenvalue weighted by Crippen LogP contribution is -2.30. The van der Waals surface area contributed by atoms with Crippen molar-refractivity contribution in [2.45, 2.75) is 32.1 Å². The maximum absolute atomic E-state index is 12.1. The quantitative estimate of drug-likeness (QED) is 0.877. The maximum Gasteiger partial charge on any atom is 0.390 e. The number of carbonyl (C=O) groups excluding carboxylic acids is 1. The molecule has 0 fully saturated rings. The molecule has 0 radical (unpaired) electrons. The number of rotatable bonds is 5. The van der Waals surface area contributed by atoms with Crippen LogP contribution < -0.4 is 11.1 Å². The minimum atomic E-state index is -4.20. The predicted molar refractivity (Wildman–Crippen MR) is 66.9 cm³/mol. The molecule has 1 aromatic carbocycles. The molecule has 0 aliphatic rings. The van der Waals surface area contributed by atoms with Crippen LogP contribution in [-0.4, -0.2) is 18.1 Å². The molecule has 1 rings (SSSR count). The molecule has 106 valence electrons. The van der Waals surface area contributed by atoms with Gasteiger partial charge in [0.2, 0.25) is 5.91 Å². The molecule has 0 aliphatic heterocycles. The third-order valence-electron chi connectivity index (χ3n) is 2.52. The molecular weight excluding hydrogens is 281 g/mol. The fourth-order valence-electron chi connectivity index (χ4n) is 1.55. The zero-order valence-corrected chi connectivity index (χ0v) is 11.0. The van der Waals surface area contributed by atoms with E-state index in [2.05, 4.69) is 5.32 Å². The third-order valence-corrected chi connectivity index (χ3v) is 2.87. The van der Waals surface area contributed by atoms with E-state index in [9.17, 15) is 18.0 Å². The molecule has 19 heavy (non-hydrogen) atoms. The van der Waals surface area contributed by atoms with Crippen LogP contribution in [0.4, 0.5) is 13.2 Å². The highest BCUT2D eigenvalue weighted by Crippen LogP contribution is 2.22. The van der Waals surface area contributed by atoms with E-state index in [1.165, 1.54) is 19.1 Å². The van der Waals surface area contributed by atoms with Gasteiger partial charge in [0, 0.05) is 23.2 Å². The highest BCUT2D eigenvalue weighted by atomic mass is 35.5. The number of halogens is 4. The standard InChI is InChI=1S/C12H14ClF3N2O/c1-7(5-12(14,15)16)18-6-9-3-2-8(11(17)19)4-10(9)13/h2-4,7,18H,5-6H2,1H3,(H2,17,19). The smallest absolute Gasteiger partial charge is 0.366 e. The number of benzene rings is 1. The number of primary amides is 1. The molecule has 0 saturated carbocycles. The summed E-state index contributed by atoms with van der Waals surface area (Å²) >= 11 is 5.92. The molecule has 1 unspecified atom stereocenters. The van der Waals surface area contributed by atoms with E-state index in [1.54, 1.807) is 6.07 Å². The van der Waals surface area contributed by atoms with Gasteiger partial charge in [-0.15, -0.1) is 0 Å². The lowest BCUT2D eigenvalue weighted by Gasteiger charge is -2.16. The third kappa shape index (κ3) is 5.48. The van der Waals surface area contributed by atoms with Gasteiger partial charge in [-0.25, -0.2) is 0 Å². The summed E-state index contributed by atoms with van der Waals surface area (Å²) in [6, 6.07) is 3.73. The van der Waals surface area contributed by atoms with Gasteiger partial charge in [-0.3, -0.25) is 4.79 Å². The Kier molecular flexibility index (Phi) is 5.20. The van der Waals surface area contributed by atoms with Gasteiger partial charge in [0.1, 0.15) is 0 Å². The fraction of sp³-hybridized carbons (Fsp3) is 0.417. The van der Waals surface area contributed by atoms with Crippen molar-refractivity contribution in [1.82, 2.24) is 5.32 Å². The van der Waals surface area contributed by atoms with Gasteiger partial charge in [-0.1, -0.05) is 17.7 Å². The highest BCUT2D eigenvalue weighted by molar-refractivity contribution is 6.31. The molecular formula is C12H14ClF3N2O. The van der Waals surface area contributed by atoms with E-state index in [-0.39, 0.29) is 12.1 Å². The Morgan fingerprint density at radius 1 is 1.47 bits per heavy atom. The largest absolute Gasteiger partial charge is 0.390 e. The van der Waals surface area contributed by atoms with Gasteiger partial charge in [-0.2, -0.15) is 13.2 Å². The first-order chi connectivity index (χ1) is 8.69. The first kappa shape index (κ1) is 15.8. The van der Waals surface area contributed by atoms with Crippen molar-refractivity contribution in [1.29, 1.82) is 0 Å². The molecule has 3 N–H and O–H groups in total. The molecule has 1 atom stereocenters. The van der Waals surface area contributed by atoms with E-state index in [0.717, 1.165) is 0 Å². The maximum atomic E-state index is 12.1. The van der Waals surface area contributed by atoms with Crippen LogP contribution in [0.5, 0.6) is 0 Å². The molecule has 0 saturated heterocycles. The normalized spacial score (nSPS) is 13.3. The minimum Gasteiger partial charge on any atom is -0.366 e. The Labute approximate surface area is 113 Å². The second-order valence-corrected chi connectivity index (χ2v) is 4.68. The Balaban J connectivity index is 2.61. The Hall–Kier alpha value is -1.27. The number of carbonyl (C=O) groups is 1. The molecule has 1 aromatic rings. The lowest BCUT2D eigenvalue weighted by atomic mass is 10.1. The Bertz CT molecular complexity index is 463. The first-order valence-corrected chi connectivity index (χ1v) is 5.95. The second-order valence-electron chi connectivity index (χ2n) is 4.27. The summed E-state index contributed by atoms with van der Waals surface area (Å²) in [5.41, 5.74) is 5.96. The monoisotopic (exact) mass is 294 g/mol. The van der Waals surface area contributed by atoms with Crippen molar-refractivity contribution < 1.29 is 18.0 Å². The molecule has 0 heterocycles.